The first-order valence-electron chi connectivity index (χ1n) is 23.8. The van der Waals surface area contributed by atoms with Crippen LogP contribution in [-0.2, 0) is 38.7 Å². The van der Waals surface area contributed by atoms with E-state index in [9.17, 15) is 37.9 Å². The molecule has 0 aliphatic carbocycles. The van der Waals surface area contributed by atoms with Crippen LogP contribution in [0.5, 0.6) is 0 Å². The number of ether oxygens (including phenoxy) is 4. The van der Waals surface area contributed by atoms with Crippen molar-refractivity contribution >= 4 is 22.1 Å². The number of carbonyl (C=O) groups is 2. The van der Waals surface area contributed by atoms with E-state index in [-0.39, 0.29) is 19.4 Å². The van der Waals surface area contributed by atoms with Crippen LogP contribution in [-0.4, -0.2) is 96.0 Å². The maximum absolute atomic E-state index is 12.8. The fourth-order valence-electron chi connectivity index (χ4n) is 6.83. The molecule has 1 aliphatic heterocycles. The average molecular weight is 897 g/mol. The minimum absolute atomic E-state index is 0.112. The zero-order valence-electron chi connectivity index (χ0n) is 38.2. The van der Waals surface area contributed by atoms with E-state index in [0.717, 1.165) is 64.2 Å². The van der Waals surface area contributed by atoms with Gasteiger partial charge < -0.3 is 34.3 Å². The second-order valence-electron chi connectivity index (χ2n) is 16.4. The minimum atomic E-state index is -4.61. The number of unbranched alkanes of at least 4 members (excludes halogenated alkanes) is 17. The molecule has 358 valence electrons. The highest BCUT2D eigenvalue weighted by Crippen LogP contribution is 2.24. The normalized spacial score (nSPS) is 20.4. The molecule has 1 saturated heterocycles. The molecule has 1 fully saturated rings. The van der Waals surface area contributed by atoms with Gasteiger partial charge in [0.2, 0.25) is 0 Å². The summed E-state index contributed by atoms with van der Waals surface area (Å²) >= 11 is 0. The van der Waals surface area contributed by atoms with E-state index in [0.29, 0.717) is 12.8 Å². The first-order valence-corrected chi connectivity index (χ1v) is 25.5. The lowest BCUT2D eigenvalue weighted by Gasteiger charge is -2.40. The van der Waals surface area contributed by atoms with Crippen molar-refractivity contribution in [3.63, 3.8) is 0 Å². The maximum atomic E-state index is 12.8. The number of rotatable bonds is 39. The van der Waals surface area contributed by atoms with Crippen LogP contribution >= 0.6 is 0 Å². The third-order valence-electron chi connectivity index (χ3n) is 10.6. The standard InChI is InChI=1S/C49H84O12S/c1-3-5-7-9-11-13-15-17-19-20-21-22-24-25-27-29-31-33-35-37-44(50)58-39-42(40-59-49-48(54)47(53)46(52)43(61-49)41-62(55,56)57)60-45(51)38-36-34-32-30-28-26-23-18-16-14-12-10-8-6-4-2/h11-14,17-19,23,28,30,42-43,46-49,52-54H,3-10,15-16,20-22,24-27,29,31-41H2,1-2H3,(H,55,56,57)/b13-11+,14-12+,19-17+,23-18+,30-28+/t42-,43-,46-,47?,48?,49+/m1/s1. The smallest absolute Gasteiger partial charge is 0.306 e. The first kappa shape index (κ1) is 57.4. The molecule has 6 atom stereocenters. The fourth-order valence-corrected chi connectivity index (χ4v) is 7.52. The summed E-state index contributed by atoms with van der Waals surface area (Å²) in [5, 5.41) is 30.9. The van der Waals surface area contributed by atoms with Gasteiger partial charge in [-0.25, -0.2) is 0 Å². The van der Waals surface area contributed by atoms with Gasteiger partial charge in [0.05, 0.1) is 6.61 Å². The van der Waals surface area contributed by atoms with E-state index >= 15 is 0 Å². The fraction of sp³-hybridized carbons (Fsp3) is 0.755. The molecule has 0 bridgehead atoms. The first-order chi connectivity index (χ1) is 30.0. The van der Waals surface area contributed by atoms with E-state index in [1.54, 1.807) is 0 Å². The van der Waals surface area contributed by atoms with Crippen molar-refractivity contribution in [1.82, 2.24) is 0 Å². The third-order valence-corrected chi connectivity index (χ3v) is 11.3. The van der Waals surface area contributed by atoms with Gasteiger partial charge in [0.1, 0.15) is 36.8 Å². The molecule has 1 aliphatic rings. The summed E-state index contributed by atoms with van der Waals surface area (Å²) in [4.78, 5) is 25.4. The SMILES string of the molecule is CCCCC/C=C/C/C=C/C/C=C/CCCCC(=O)O[C@H](COC(=O)CCCCCCCCCCC/C=C/C/C=C/CCCCC)CO[C@H]1O[C@H](CS(=O)(=O)O)[C@@H](O)C(O)C1O. The Morgan fingerprint density at radius 2 is 0.968 bits per heavy atom. The number of hydrogen-bond donors (Lipinski definition) is 4. The van der Waals surface area contributed by atoms with E-state index < -0.39 is 71.2 Å². The summed E-state index contributed by atoms with van der Waals surface area (Å²) in [6, 6.07) is 0. The van der Waals surface area contributed by atoms with Crippen molar-refractivity contribution in [3.05, 3.63) is 60.8 Å². The summed E-state index contributed by atoms with van der Waals surface area (Å²) in [7, 11) is -4.61. The van der Waals surface area contributed by atoms with Crippen LogP contribution in [0.4, 0.5) is 0 Å². The lowest BCUT2D eigenvalue weighted by atomic mass is 10.00. The number of hydrogen-bond acceptors (Lipinski definition) is 11. The number of allylic oxidation sites excluding steroid dienone is 10. The predicted octanol–water partition coefficient (Wildman–Crippen LogP) is 10.1. The largest absolute Gasteiger partial charge is 0.462 e. The Bertz CT molecular complexity index is 1370. The second-order valence-corrected chi connectivity index (χ2v) is 17.9. The lowest BCUT2D eigenvalue weighted by molar-refractivity contribution is -0.297. The predicted molar refractivity (Wildman–Crippen MR) is 247 cm³/mol. The maximum Gasteiger partial charge on any atom is 0.306 e. The molecular weight excluding hydrogens is 813 g/mol. The van der Waals surface area contributed by atoms with Crippen LogP contribution in [0.15, 0.2) is 60.8 Å². The molecule has 12 nitrogen and oxygen atoms in total. The number of aliphatic hydroxyl groups is 3. The monoisotopic (exact) mass is 897 g/mol. The van der Waals surface area contributed by atoms with Crippen molar-refractivity contribution in [2.45, 2.75) is 218 Å². The summed E-state index contributed by atoms with van der Waals surface area (Å²) in [5.41, 5.74) is 0. The Kier molecular flexibility index (Phi) is 35.9. The van der Waals surface area contributed by atoms with E-state index in [1.165, 1.54) is 77.0 Å². The van der Waals surface area contributed by atoms with Gasteiger partial charge in [-0.1, -0.05) is 145 Å². The molecule has 0 saturated carbocycles. The van der Waals surface area contributed by atoms with Gasteiger partial charge in [-0.2, -0.15) is 8.42 Å². The number of carbonyl (C=O) groups excluding carboxylic acids is 2. The van der Waals surface area contributed by atoms with Gasteiger partial charge in [0, 0.05) is 12.8 Å². The quantitative estimate of drug-likeness (QED) is 0.0198. The molecule has 0 aromatic rings. The molecule has 0 spiro atoms. The summed E-state index contributed by atoms with van der Waals surface area (Å²) < 4.78 is 54.1. The highest BCUT2D eigenvalue weighted by molar-refractivity contribution is 7.85. The molecule has 4 N–H and O–H groups in total. The Balaban J connectivity index is 2.44. The van der Waals surface area contributed by atoms with Crippen molar-refractivity contribution in [3.8, 4) is 0 Å². The zero-order valence-corrected chi connectivity index (χ0v) is 39.0. The summed E-state index contributed by atoms with van der Waals surface area (Å²) in [6.45, 7) is 3.67. The van der Waals surface area contributed by atoms with Gasteiger partial charge >= 0.3 is 11.9 Å². The van der Waals surface area contributed by atoms with Gasteiger partial charge in [-0.05, 0) is 83.5 Å². The van der Waals surface area contributed by atoms with Gasteiger partial charge in [-0.3, -0.25) is 14.1 Å². The topological polar surface area (TPSA) is 186 Å². The van der Waals surface area contributed by atoms with Crippen LogP contribution in [0, 0.1) is 0 Å². The Hall–Kier alpha value is -2.65. The van der Waals surface area contributed by atoms with Crippen LogP contribution in [0.25, 0.3) is 0 Å². The van der Waals surface area contributed by atoms with Crippen molar-refractivity contribution < 1.29 is 56.8 Å². The zero-order chi connectivity index (χ0) is 45.5. The van der Waals surface area contributed by atoms with Gasteiger partial charge in [-0.15, -0.1) is 0 Å². The highest BCUT2D eigenvalue weighted by Gasteiger charge is 2.46. The Labute approximate surface area is 375 Å². The van der Waals surface area contributed by atoms with Crippen LogP contribution < -0.4 is 0 Å². The molecule has 62 heavy (non-hydrogen) atoms. The molecule has 0 radical (unpaired) electrons. The van der Waals surface area contributed by atoms with Gasteiger partial charge in [0.15, 0.2) is 12.4 Å². The average Bonchev–Trinajstić information content (AvgIpc) is 3.24. The lowest BCUT2D eigenvalue weighted by Crippen LogP contribution is -2.60. The van der Waals surface area contributed by atoms with Crippen LogP contribution in [0.2, 0.25) is 0 Å². The molecule has 2 unspecified atom stereocenters. The number of esters is 2. The number of aliphatic hydroxyl groups excluding tert-OH is 3. The van der Waals surface area contributed by atoms with E-state index in [1.807, 2.05) is 0 Å². The van der Waals surface area contributed by atoms with E-state index in [2.05, 4.69) is 74.6 Å². The molecule has 0 amide bonds. The second kappa shape index (κ2) is 38.8. The highest BCUT2D eigenvalue weighted by atomic mass is 32.2. The molecule has 13 heteroatoms. The molecule has 0 aromatic heterocycles. The van der Waals surface area contributed by atoms with Crippen LogP contribution in [0.3, 0.4) is 0 Å². The minimum Gasteiger partial charge on any atom is -0.462 e. The third kappa shape index (κ3) is 32.9. The Morgan fingerprint density at radius 3 is 1.47 bits per heavy atom. The molecule has 1 heterocycles. The molecule has 0 aromatic carbocycles. The Morgan fingerprint density at radius 1 is 0.548 bits per heavy atom. The van der Waals surface area contributed by atoms with Crippen molar-refractivity contribution in [2.75, 3.05) is 19.0 Å². The van der Waals surface area contributed by atoms with Crippen molar-refractivity contribution in [1.29, 1.82) is 0 Å². The van der Waals surface area contributed by atoms with E-state index in [4.69, 9.17) is 18.9 Å². The van der Waals surface area contributed by atoms with Crippen molar-refractivity contribution in [2.24, 2.45) is 0 Å². The summed E-state index contributed by atoms with van der Waals surface area (Å²) in [6.07, 6.45) is 38.3. The van der Waals surface area contributed by atoms with Crippen LogP contribution in [0.1, 0.15) is 181 Å². The molecule has 1 rings (SSSR count). The summed E-state index contributed by atoms with van der Waals surface area (Å²) in [5.74, 6) is -2.04. The molecular formula is C49H84O12S. The van der Waals surface area contributed by atoms with Gasteiger partial charge in [0.25, 0.3) is 10.1 Å².